The van der Waals surface area contributed by atoms with Gasteiger partial charge < -0.3 is 15.0 Å². The van der Waals surface area contributed by atoms with Crippen molar-refractivity contribution in [3.8, 4) is 5.75 Å². The molecule has 1 heterocycles. The van der Waals surface area contributed by atoms with Gasteiger partial charge in [-0.05, 0) is 60.7 Å². The zero-order valence-electron chi connectivity index (χ0n) is 18.2. The maximum atomic E-state index is 13.1. The third-order valence-electron chi connectivity index (χ3n) is 6.23. The molecule has 2 aliphatic rings. The Balaban J connectivity index is 1.38. The number of hydrogen-bond donors (Lipinski definition) is 1. The standard InChI is InChI=1S/C25H27FN2O3S/c1-28-21-14-18(24(29)27-15-17-3-8-19(26)9-4-17)7-12-22(21)32-23(25(28)30)13-16-5-10-20(31-2)11-6-16/h3-6,8-11,13,18,21-22H,7,12,14-15H2,1-2H3,(H,27,29)/b23-13-. The molecule has 2 amide bonds. The lowest BCUT2D eigenvalue weighted by molar-refractivity contribution is -0.132. The van der Waals surface area contributed by atoms with Gasteiger partial charge in [-0.25, -0.2) is 4.39 Å². The summed E-state index contributed by atoms with van der Waals surface area (Å²) in [5.41, 5.74) is 1.82. The van der Waals surface area contributed by atoms with Crippen LogP contribution in [0.3, 0.4) is 0 Å². The van der Waals surface area contributed by atoms with Crippen molar-refractivity contribution in [2.24, 2.45) is 5.92 Å². The normalized spacial score (nSPS) is 24.2. The number of thioether (sulfide) groups is 1. The minimum Gasteiger partial charge on any atom is -0.497 e. The largest absolute Gasteiger partial charge is 0.497 e. The minimum absolute atomic E-state index is 0.000520. The number of carbonyl (C=O) groups excluding carboxylic acids is 2. The summed E-state index contributed by atoms with van der Waals surface area (Å²) < 4.78 is 18.2. The van der Waals surface area contributed by atoms with Crippen molar-refractivity contribution in [3.63, 3.8) is 0 Å². The first kappa shape index (κ1) is 22.4. The van der Waals surface area contributed by atoms with Gasteiger partial charge in [0.05, 0.1) is 12.0 Å². The lowest BCUT2D eigenvalue weighted by Gasteiger charge is -2.44. The molecule has 2 aromatic carbocycles. The average Bonchev–Trinajstić information content (AvgIpc) is 2.82. The molecule has 1 N–H and O–H groups in total. The van der Waals surface area contributed by atoms with E-state index in [1.54, 1.807) is 35.9 Å². The second-order valence-corrected chi connectivity index (χ2v) is 9.56. The van der Waals surface area contributed by atoms with Crippen molar-refractivity contribution >= 4 is 29.7 Å². The Kier molecular flexibility index (Phi) is 6.84. The number of fused-ring (bicyclic) bond motifs is 1. The number of halogens is 1. The summed E-state index contributed by atoms with van der Waals surface area (Å²) in [5.74, 6) is 0.363. The first-order valence-electron chi connectivity index (χ1n) is 10.8. The monoisotopic (exact) mass is 454 g/mol. The topological polar surface area (TPSA) is 58.6 Å². The molecular formula is C25H27FN2O3S. The fourth-order valence-corrected chi connectivity index (χ4v) is 5.80. The molecule has 32 heavy (non-hydrogen) atoms. The van der Waals surface area contributed by atoms with Crippen molar-refractivity contribution in [2.75, 3.05) is 14.2 Å². The SMILES string of the molecule is COc1ccc(/C=C2\SC3CCC(C(=O)NCc4ccc(F)cc4)CC3N(C)C2=O)cc1. The number of ether oxygens (including phenoxy) is 1. The van der Waals surface area contributed by atoms with Gasteiger partial charge in [-0.2, -0.15) is 0 Å². The summed E-state index contributed by atoms with van der Waals surface area (Å²) in [4.78, 5) is 28.3. The predicted molar refractivity (Wildman–Crippen MR) is 124 cm³/mol. The Hall–Kier alpha value is -2.80. The van der Waals surface area contributed by atoms with Gasteiger partial charge in [0, 0.05) is 30.8 Å². The molecule has 1 aliphatic heterocycles. The van der Waals surface area contributed by atoms with Crippen molar-refractivity contribution in [2.45, 2.75) is 37.1 Å². The number of rotatable bonds is 5. The second-order valence-electron chi connectivity index (χ2n) is 8.28. The van der Waals surface area contributed by atoms with Crippen LogP contribution in [0.4, 0.5) is 4.39 Å². The summed E-state index contributed by atoms with van der Waals surface area (Å²) in [6.45, 7) is 0.377. The molecule has 3 atom stereocenters. The van der Waals surface area contributed by atoms with Crippen molar-refractivity contribution < 1.29 is 18.7 Å². The number of amides is 2. The van der Waals surface area contributed by atoms with E-state index in [1.165, 1.54) is 12.1 Å². The van der Waals surface area contributed by atoms with Gasteiger partial charge in [-0.15, -0.1) is 11.8 Å². The highest BCUT2D eigenvalue weighted by Crippen LogP contribution is 2.43. The van der Waals surface area contributed by atoms with Gasteiger partial charge in [-0.3, -0.25) is 9.59 Å². The van der Waals surface area contributed by atoms with Gasteiger partial charge in [0.25, 0.3) is 5.91 Å². The third-order valence-corrected chi connectivity index (χ3v) is 7.63. The molecule has 5 nitrogen and oxygen atoms in total. The van der Waals surface area contributed by atoms with E-state index in [2.05, 4.69) is 5.32 Å². The van der Waals surface area contributed by atoms with Crippen LogP contribution in [-0.2, 0) is 16.1 Å². The lowest BCUT2D eigenvalue weighted by Crippen LogP contribution is -2.52. The lowest BCUT2D eigenvalue weighted by atomic mass is 9.83. The van der Waals surface area contributed by atoms with Crippen LogP contribution in [0.5, 0.6) is 5.75 Å². The zero-order valence-corrected chi connectivity index (χ0v) is 19.0. The highest BCUT2D eigenvalue weighted by Gasteiger charge is 2.42. The molecule has 2 aromatic rings. The van der Waals surface area contributed by atoms with E-state index in [-0.39, 0.29) is 34.8 Å². The van der Waals surface area contributed by atoms with Crippen LogP contribution in [0.2, 0.25) is 0 Å². The van der Waals surface area contributed by atoms with E-state index in [1.807, 2.05) is 37.4 Å². The maximum Gasteiger partial charge on any atom is 0.260 e. The fourth-order valence-electron chi connectivity index (χ4n) is 4.32. The molecule has 0 spiro atoms. The number of methoxy groups -OCH3 is 1. The van der Waals surface area contributed by atoms with E-state index in [9.17, 15) is 14.0 Å². The summed E-state index contributed by atoms with van der Waals surface area (Å²) in [6.07, 6.45) is 4.26. The number of benzene rings is 2. The maximum absolute atomic E-state index is 13.1. The average molecular weight is 455 g/mol. The van der Waals surface area contributed by atoms with Crippen LogP contribution < -0.4 is 10.1 Å². The van der Waals surface area contributed by atoms with Gasteiger partial charge in [-0.1, -0.05) is 24.3 Å². The molecule has 3 unspecified atom stereocenters. The number of likely N-dealkylation sites (N-methyl/N-ethyl adjacent to an activating group) is 1. The summed E-state index contributed by atoms with van der Waals surface area (Å²) in [5, 5.41) is 3.25. The molecule has 7 heteroatoms. The molecule has 1 aliphatic carbocycles. The molecule has 1 saturated heterocycles. The van der Waals surface area contributed by atoms with Gasteiger partial charge in [0.2, 0.25) is 5.91 Å². The molecule has 0 bridgehead atoms. The van der Waals surface area contributed by atoms with E-state index >= 15 is 0 Å². The third kappa shape index (κ3) is 4.99. The molecule has 4 rings (SSSR count). The van der Waals surface area contributed by atoms with Crippen LogP contribution in [0.15, 0.2) is 53.4 Å². The minimum atomic E-state index is -0.290. The van der Waals surface area contributed by atoms with E-state index in [0.717, 1.165) is 34.6 Å². The Bertz CT molecular complexity index is 1010. The van der Waals surface area contributed by atoms with Crippen LogP contribution >= 0.6 is 11.8 Å². The molecule has 0 aromatic heterocycles. The van der Waals surface area contributed by atoms with Crippen molar-refractivity contribution in [1.29, 1.82) is 0 Å². The molecular weight excluding hydrogens is 427 g/mol. The van der Waals surface area contributed by atoms with Gasteiger partial charge in [0.15, 0.2) is 0 Å². The smallest absolute Gasteiger partial charge is 0.260 e. The molecule has 2 fully saturated rings. The summed E-state index contributed by atoms with van der Waals surface area (Å²) in [6, 6.07) is 13.8. The highest BCUT2D eigenvalue weighted by molar-refractivity contribution is 8.04. The predicted octanol–water partition coefficient (Wildman–Crippen LogP) is 4.23. The van der Waals surface area contributed by atoms with Crippen LogP contribution in [0, 0.1) is 11.7 Å². The van der Waals surface area contributed by atoms with Crippen molar-refractivity contribution in [1.82, 2.24) is 10.2 Å². The molecule has 168 valence electrons. The van der Waals surface area contributed by atoms with E-state index in [0.29, 0.717) is 13.0 Å². The van der Waals surface area contributed by atoms with Crippen LogP contribution in [-0.4, -0.2) is 42.2 Å². The van der Waals surface area contributed by atoms with Crippen LogP contribution in [0.25, 0.3) is 6.08 Å². The Labute approximate surface area is 192 Å². The number of carbonyl (C=O) groups is 2. The summed E-state index contributed by atoms with van der Waals surface area (Å²) >= 11 is 1.63. The van der Waals surface area contributed by atoms with Gasteiger partial charge >= 0.3 is 0 Å². The Morgan fingerprint density at radius 2 is 1.91 bits per heavy atom. The molecule has 0 radical (unpaired) electrons. The van der Waals surface area contributed by atoms with Crippen LogP contribution in [0.1, 0.15) is 30.4 Å². The highest BCUT2D eigenvalue weighted by atomic mass is 32.2. The number of nitrogens with one attached hydrogen (secondary N) is 1. The van der Waals surface area contributed by atoms with E-state index in [4.69, 9.17) is 4.74 Å². The second kappa shape index (κ2) is 9.77. The Morgan fingerprint density at radius 1 is 1.19 bits per heavy atom. The Morgan fingerprint density at radius 3 is 2.59 bits per heavy atom. The zero-order chi connectivity index (χ0) is 22.7. The van der Waals surface area contributed by atoms with E-state index < -0.39 is 0 Å². The number of nitrogens with zero attached hydrogens (tertiary/aromatic N) is 1. The first-order chi connectivity index (χ1) is 15.4. The first-order valence-corrected chi connectivity index (χ1v) is 11.6. The van der Waals surface area contributed by atoms with Crippen molar-refractivity contribution in [3.05, 3.63) is 70.4 Å². The van der Waals surface area contributed by atoms with Gasteiger partial charge in [0.1, 0.15) is 11.6 Å². The summed E-state index contributed by atoms with van der Waals surface area (Å²) in [7, 11) is 3.46. The molecule has 1 saturated carbocycles. The number of hydrogen-bond acceptors (Lipinski definition) is 4. The quantitative estimate of drug-likeness (QED) is 0.687. The fraction of sp³-hybridized carbons (Fsp3) is 0.360.